The van der Waals surface area contributed by atoms with Crippen molar-refractivity contribution < 1.29 is 23.4 Å². The maximum atomic E-state index is 12.6. The highest BCUT2D eigenvalue weighted by atomic mass is 35.5. The molecule has 0 aliphatic carbocycles. The number of esters is 1. The van der Waals surface area contributed by atoms with E-state index in [1.54, 1.807) is 48.5 Å². The van der Waals surface area contributed by atoms with Gasteiger partial charge in [0.1, 0.15) is 30.3 Å². The first-order chi connectivity index (χ1) is 15.7. The number of carbonyl (C=O) groups excluding carboxylic acids is 1. The average Bonchev–Trinajstić information content (AvgIpc) is 3.31. The Morgan fingerprint density at radius 1 is 0.844 bits per heavy atom. The van der Waals surface area contributed by atoms with Crippen LogP contribution in [-0.2, 0) is 11.3 Å². The molecule has 0 spiro atoms. The molecular formula is C24H19ClN2O5. The lowest BCUT2D eigenvalue weighted by Crippen LogP contribution is -2.12. The van der Waals surface area contributed by atoms with Crippen LogP contribution in [0, 0.1) is 0 Å². The first kappa shape index (κ1) is 21.4. The fourth-order valence-corrected chi connectivity index (χ4v) is 2.94. The van der Waals surface area contributed by atoms with Gasteiger partial charge in [0.2, 0.25) is 5.89 Å². The van der Waals surface area contributed by atoms with E-state index in [1.165, 1.54) is 0 Å². The molecule has 1 heterocycles. The fraction of sp³-hybridized carbons (Fsp3) is 0.125. The molecule has 32 heavy (non-hydrogen) atoms. The molecule has 0 aliphatic rings. The van der Waals surface area contributed by atoms with E-state index in [0.29, 0.717) is 28.8 Å². The van der Waals surface area contributed by atoms with Crippen molar-refractivity contribution in [3.8, 4) is 23.0 Å². The lowest BCUT2D eigenvalue weighted by molar-refractivity contribution is 0.0433. The monoisotopic (exact) mass is 450 g/mol. The third kappa shape index (κ3) is 5.65. The molecule has 8 heteroatoms. The molecule has 0 radical (unpaired) electrons. The molecule has 0 atom stereocenters. The molecule has 3 aromatic carbocycles. The Labute approximate surface area is 189 Å². The van der Waals surface area contributed by atoms with Gasteiger partial charge in [-0.3, -0.25) is 0 Å². The molecule has 0 saturated heterocycles. The number of benzene rings is 3. The second kappa shape index (κ2) is 10.5. The summed E-state index contributed by atoms with van der Waals surface area (Å²) in [5.41, 5.74) is 1.01. The van der Waals surface area contributed by atoms with E-state index in [1.807, 2.05) is 30.3 Å². The molecule has 0 aliphatic heterocycles. The first-order valence-electron chi connectivity index (χ1n) is 9.84. The van der Waals surface area contributed by atoms with Crippen LogP contribution in [0.2, 0.25) is 5.02 Å². The molecular weight excluding hydrogens is 432 g/mol. The van der Waals surface area contributed by atoms with Crippen molar-refractivity contribution in [2.24, 2.45) is 0 Å². The summed E-state index contributed by atoms with van der Waals surface area (Å²) >= 11 is 5.89. The minimum atomic E-state index is -0.559. The molecule has 0 fully saturated rings. The van der Waals surface area contributed by atoms with E-state index in [-0.39, 0.29) is 19.1 Å². The number of para-hydroxylation sites is 2. The maximum absolute atomic E-state index is 12.6. The molecule has 1 aromatic heterocycles. The standard InChI is InChI=1S/C24H19ClN2O5/c25-18-12-10-17(11-13-18)23-27-26-22(32-23)16-31-24(28)20-8-4-5-9-21(20)30-15-14-29-19-6-2-1-3-7-19/h1-13H,14-16H2. The average molecular weight is 451 g/mol. The Hall–Kier alpha value is -3.84. The van der Waals surface area contributed by atoms with Crippen LogP contribution in [0.15, 0.2) is 83.3 Å². The van der Waals surface area contributed by atoms with Crippen molar-refractivity contribution in [3.05, 3.63) is 95.3 Å². The maximum Gasteiger partial charge on any atom is 0.342 e. The van der Waals surface area contributed by atoms with Gasteiger partial charge in [-0.1, -0.05) is 41.9 Å². The predicted octanol–water partition coefficient (Wildman–Crippen LogP) is 5.20. The third-order valence-electron chi connectivity index (χ3n) is 4.34. The second-order valence-electron chi connectivity index (χ2n) is 6.59. The van der Waals surface area contributed by atoms with Gasteiger partial charge in [-0.15, -0.1) is 10.2 Å². The highest BCUT2D eigenvalue weighted by molar-refractivity contribution is 6.30. The van der Waals surface area contributed by atoms with Gasteiger partial charge in [-0.2, -0.15) is 0 Å². The minimum Gasteiger partial charge on any atom is -0.490 e. The Kier molecular flexibility index (Phi) is 6.99. The second-order valence-corrected chi connectivity index (χ2v) is 7.03. The summed E-state index contributed by atoms with van der Waals surface area (Å²) in [6, 6.07) is 23.2. The van der Waals surface area contributed by atoms with E-state index in [4.69, 9.17) is 30.2 Å². The molecule has 4 rings (SSSR count). The van der Waals surface area contributed by atoms with Crippen molar-refractivity contribution in [1.82, 2.24) is 10.2 Å². The van der Waals surface area contributed by atoms with Gasteiger partial charge in [-0.05, 0) is 48.5 Å². The summed E-state index contributed by atoms with van der Waals surface area (Å²) in [4.78, 5) is 12.6. The number of rotatable bonds is 9. The summed E-state index contributed by atoms with van der Waals surface area (Å²) in [7, 11) is 0. The van der Waals surface area contributed by atoms with Crippen LogP contribution in [0.5, 0.6) is 11.5 Å². The van der Waals surface area contributed by atoms with Gasteiger partial charge < -0.3 is 18.6 Å². The number of ether oxygens (including phenoxy) is 3. The minimum absolute atomic E-state index is 0.162. The third-order valence-corrected chi connectivity index (χ3v) is 4.60. The number of nitrogens with zero attached hydrogens (tertiary/aromatic N) is 2. The summed E-state index contributed by atoms with van der Waals surface area (Å²) in [5, 5.41) is 8.49. The van der Waals surface area contributed by atoms with Crippen LogP contribution in [0.1, 0.15) is 16.2 Å². The molecule has 0 saturated carbocycles. The van der Waals surface area contributed by atoms with E-state index in [9.17, 15) is 4.79 Å². The molecule has 0 amide bonds. The largest absolute Gasteiger partial charge is 0.490 e. The zero-order valence-electron chi connectivity index (χ0n) is 16.9. The zero-order valence-corrected chi connectivity index (χ0v) is 17.7. The SMILES string of the molecule is O=C(OCc1nnc(-c2ccc(Cl)cc2)o1)c1ccccc1OCCOc1ccccc1. The van der Waals surface area contributed by atoms with Gasteiger partial charge in [0, 0.05) is 10.6 Å². The lowest BCUT2D eigenvalue weighted by Gasteiger charge is -2.11. The van der Waals surface area contributed by atoms with Gasteiger partial charge in [-0.25, -0.2) is 4.79 Å². The van der Waals surface area contributed by atoms with Crippen LogP contribution in [0.4, 0.5) is 0 Å². The summed E-state index contributed by atoms with van der Waals surface area (Å²) in [6.45, 7) is 0.445. The Morgan fingerprint density at radius 2 is 1.56 bits per heavy atom. The number of carbonyl (C=O) groups is 1. The van der Waals surface area contributed by atoms with Crippen molar-refractivity contribution in [2.45, 2.75) is 6.61 Å². The van der Waals surface area contributed by atoms with Gasteiger partial charge >= 0.3 is 5.97 Å². The number of aromatic nitrogens is 2. The zero-order chi connectivity index (χ0) is 22.2. The van der Waals surface area contributed by atoms with E-state index in [0.717, 1.165) is 11.3 Å². The van der Waals surface area contributed by atoms with Crippen molar-refractivity contribution in [3.63, 3.8) is 0 Å². The number of hydrogen-bond donors (Lipinski definition) is 0. The van der Waals surface area contributed by atoms with Crippen molar-refractivity contribution in [2.75, 3.05) is 13.2 Å². The smallest absolute Gasteiger partial charge is 0.342 e. The quantitative estimate of drug-likeness (QED) is 0.256. The van der Waals surface area contributed by atoms with Crippen LogP contribution >= 0.6 is 11.6 Å². The van der Waals surface area contributed by atoms with Crippen LogP contribution in [-0.4, -0.2) is 29.4 Å². The van der Waals surface area contributed by atoms with Crippen LogP contribution in [0.3, 0.4) is 0 Å². The topological polar surface area (TPSA) is 83.7 Å². The molecule has 0 N–H and O–H groups in total. The molecule has 4 aromatic rings. The number of hydrogen-bond acceptors (Lipinski definition) is 7. The Bertz CT molecular complexity index is 1160. The fourth-order valence-electron chi connectivity index (χ4n) is 2.82. The van der Waals surface area contributed by atoms with Crippen LogP contribution < -0.4 is 9.47 Å². The van der Waals surface area contributed by atoms with E-state index < -0.39 is 5.97 Å². The Morgan fingerprint density at radius 3 is 2.38 bits per heavy atom. The Balaban J connectivity index is 1.31. The van der Waals surface area contributed by atoms with E-state index in [2.05, 4.69) is 10.2 Å². The summed E-state index contributed by atoms with van der Waals surface area (Å²) < 4.78 is 22.2. The van der Waals surface area contributed by atoms with Crippen molar-refractivity contribution >= 4 is 17.6 Å². The van der Waals surface area contributed by atoms with E-state index >= 15 is 0 Å². The molecule has 7 nitrogen and oxygen atoms in total. The summed E-state index contributed by atoms with van der Waals surface area (Å²) in [6.07, 6.45) is 0. The molecule has 0 unspecified atom stereocenters. The molecule has 0 bridgehead atoms. The first-order valence-corrected chi connectivity index (χ1v) is 10.2. The number of halogens is 1. The molecule has 162 valence electrons. The predicted molar refractivity (Wildman–Crippen MR) is 118 cm³/mol. The van der Waals surface area contributed by atoms with Gasteiger partial charge in [0.25, 0.3) is 5.89 Å². The normalized spacial score (nSPS) is 10.5. The lowest BCUT2D eigenvalue weighted by atomic mass is 10.2. The highest BCUT2D eigenvalue weighted by Gasteiger charge is 2.16. The van der Waals surface area contributed by atoms with Crippen molar-refractivity contribution in [1.29, 1.82) is 0 Å². The highest BCUT2D eigenvalue weighted by Crippen LogP contribution is 2.22. The summed E-state index contributed by atoms with van der Waals surface area (Å²) in [5.74, 6) is 1.09. The van der Waals surface area contributed by atoms with Crippen LogP contribution in [0.25, 0.3) is 11.5 Å². The van der Waals surface area contributed by atoms with Gasteiger partial charge in [0.15, 0.2) is 6.61 Å². The van der Waals surface area contributed by atoms with Gasteiger partial charge in [0.05, 0.1) is 0 Å².